The number of carboxylic acids is 1. The third-order valence-electron chi connectivity index (χ3n) is 7.40. The van der Waals surface area contributed by atoms with E-state index in [9.17, 15) is 24.3 Å². The van der Waals surface area contributed by atoms with Gasteiger partial charge in [0.05, 0.1) is 24.5 Å². The van der Waals surface area contributed by atoms with E-state index >= 15 is 0 Å². The Morgan fingerprint density at radius 3 is 2.66 bits per heavy atom. The highest BCUT2D eigenvalue weighted by molar-refractivity contribution is 8.03. The quantitative estimate of drug-likeness (QED) is 0.298. The second-order valence-electron chi connectivity index (χ2n) is 10.4. The molecule has 0 spiro atoms. The normalized spacial score (nSPS) is 33.3. The third kappa shape index (κ3) is 4.93. The van der Waals surface area contributed by atoms with Crippen LogP contribution >= 0.6 is 11.8 Å². The van der Waals surface area contributed by atoms with Crippen molar-refractivity contribution < 1.29 is 24.3 Å². The van der Waals surface area contributed by atoms with Gasteiger partial charge in [-0.3, -0.25) is 14.4 Å². The molecule has 0 saturated carbocycles. The number of β-lactam (4-membered cyclic amide) rings is 1. The van der Waals surface area contributed by atoms with Crippen molar-refractivity contribution in [2.45, 2.75) is 56.1 Å². The number of likely N-dealkylation sites (tertiary alicyclic amines) is 1. The number of amides is 3. The molecule has 7 atom stereocenters. The Bertz CT molecular complexity index is 941. The molecule has 3 saturated heterocycles. The summed E-state index contributed by atoms with van der Waals surface area (Å²) < 4.78 is 0. The summed E-state index contributed by atoms with van der Waals surface area (Å²) in [6, 6.07) is -0.983. The Kier molecular flexibility index (Phi) is 7.46. The summed E-state index contributed by atoms with van der Waals surface area (Å²) in [6.07, 6.45) is 1.40. The molecule has 11 nitrogen and oxygen atoms in total. The number of rotatable bonds is 8. The van der Waals surface area contributed by atoms with E-state index in [4.69, 9.17) is 5.73 Å². The van der Waals surface area contributed by atoms with Gasteiger partial charge in [0.15, 0.2) is 0 Å². The Morgan fingerprint density at radius 1 is 1.34 bits per heavy atom. The highest BCUT2D eigenvalue weighted by Crippen LogP contribution is 2.51. The number of carboxylic acid groups (broad SMARTS) is 1. The van der Waals surface area contributed by atoms with E-state index < -0.39 is 17.9 Å². The maximum Gasteiger partial charge on any atom is 0.353 e. The number of nitrogens with one attached hydrogen (secondary N) is 2. The first-order valence-electron chi connectivity index (χ1n) is 12.2. The number of carbonyl (C=O) groups is 4. The van der Waals surface area contributed by atoms with Gasteiger partial charge in [0.2, 0.25) is 17.7 Å². The van der Waals surface area contributed by atoms with Crippen molar-refractivity contribution in [3.63, 3.8) is 0 Å². The molecule has 1 unspecified atom stereocenters. The topological polar surface area (TPSA) is 148 Å². The van der Waals surface area contributed by atoms with Crippen LogP contribution in [0.25, 0.3) is 0 Å². The minimum atomic E-state index is -1.12. The fourth-order valence-electron chi connectivity index (χ4n) is 5.74. The van der Waals surface area contributed by atoms with Crippen molar-refractivity contribution in [3.8, 4) is 0 Å². The van der Waals surface area contributed by atoms with Crippen LogP contribution in [0, 0.1) is 11.8 Å². The van der Waals surface area contributed by atoms with E-state index in [1.165, 1.54) is 16.7 Å². The second-order valence-corrected chi connectivity index (χ2v) is 11.7. The highest BCUT2D eigenvalue weighted by atomic mass is 32.2. The molecule has 0 bridgehead atoms. The molecule has 35 heavy (non-hydrogen) atoms. The van der Waals surface area contributed by atoms with Gasteiger partial charge < -0.3 is 36.2 Å². The number of carbonyl (C=O) groups excluding carboxylic acids is 3. The lowest BCUT2D eigenvalue weighted by Gasteiger charge is -2.47. The van der Waals surface area contributed by atoms with Crippen LogP contribution in [0.2, 0.25) is 0 Å². The number of nitrogens with zero attached hydrogens (tertiary/aromatic N) is 3. The van der Waals surface area contributed by atoms with Crippen LogP contribution in [0.4, 0.5) is 0 Å². The fraction of sp³-hybridized carbons (Fsp3) is 0.739. The molecule has 0 aromatic heterocycles. The average Bonchev–Trinajstić information content (AvgIpc) is 3.45. The number of hydrogen-bond acceptors (Lipinski definition) is 8. The molecular formula is C23H36N6O5S. The monoisotopic (exact) mass is 508 g/mol. The van der Waals surface area contributed by atoms with E-state index in [-0.39, 0.29) is 59.3 Å². The molecule has 0 radical (unpaired) electrons. The van der Waals surface area contributed by atoms with Crippen molar-refractivity contribution in [1.82, 2.24) is 25.3 Å². The van der Waals surface area contributed by atoms with E-state index in [0.717, 1.165) is 6.42 Å². The molecular weight excluding hydrogens is 472 g/mol. The number of likely N-dealkylation sites (N-methyl/N-ethyl adjacent to an activating group) is 1. The van der Waals surface area contributed by atoms with Gasteiger partial charge in [-0.25, -0.2) is 4.79 Å². The highest BCUT2D eigenvalue weighted by Gasteiger charge is 2.60. The maximum absolute atomic E-state index is 13.0. The summed E-state index contributed by atoms with van der Waals surface area (Å²) >= 11 is 1.46. The van der Waals surface area contributed by atoms with E-state index in [0.29, 0.717) is 31.0 Å². The van der Waals surface area contributed by atoms with E-state index in [2.05, 4.69) is 10.6 Å². The van der Waals surface area contributed by atoms with Crippen molar-refractivity contribution in [1.29, 1.82) is 0 Å². The van der Waals surface area contributed by atoms with Crippen LogP contribution < -0.4 is 16.4 Å². The zero-order valence-electron chi connectivity index (χ0n) is 20.7. The maximum atomic E-state index is 13.0. The molecule has 4 heterocycles. The van der Waals surface area contributed by atoms with Crippen molar-refractivity contribution in [2.24, 2.45) is 17.6 Å². The zero-order valence-corrected chi connectivity index (χ0v) is 21.5. The molecule has 4 rings (SSSR count). The van der Waals surface area contributed by atoms with Gasteiger partial charge in [-0.15, -0.1) is 11.8 Å². The van der Waals surface area contributed by atoms with Crippen molar-refractivity contribution in [3.05, 3.63) is 10.6 Å². The van der Waals surface area contributed by atoms with Gasteiger partial charge >= 0.3 is 5.97 Å². The minimum absolute atomic E-state index is 0.0245. The predicted molar refractivity (Wildman–Crippen MR) is 131 cm³/mol. The van der Waals surface area contributed by atoms with Crippen LogP contribution in [0.1, 0.15) is 26.7 Å². The van der Waals surface area contributed by atoms with E-state index in [1.807, 2.05) is 6.92 Å². The molecule has 3 amide bonds. The van der Waals surface area contributed by atoms with Gasteiger partial charge in [-0.05, 0) is 33.9 Å². The molecule has 0 aromatic carbocycles. The Labute approximate surface area is 209 Å². The molecule has 3 fully saturated rings. The molecule has 4 aliphatic heterocycles. The van der Waals surface area contributed by atoms with Crippen molar-refractivity contribution >= 4 is 35.5 Å². The van der Waals surface area contributed by atoms with Crippen LogP contribution in [-0.4, -0.2) is 113 Å². The Morgan fingerprint density at radius 2 is 2.06 bits per heavy atom. The summed E-state index contributed by atoms with van der Waals surface area (Å²) in [6.45, 7) is 5.79. The van der Waals surface area contributed by atoms with Gasteiger partial charge in [0.25, 0.3) is 0 Å². The largest absolute Gasteiger partial charge is 0.477 e. The summed E-state index contributed by atoms with van der Waals surface area (Å²) in [5.74, 6) is -2.16. The smallest absolute Gasteiger partial charge is 0.353 e. The summed E-state index contributed by atoms with van der Waals surface area (Å²) in [4.78, 5) is 55.9. The van der Waals surface area contributed by atoms with Gasteiger partial charge in [0.1, 0.15) is 5.70 Å². The molecule has 4 aliphatic rings. The summed E-state index contributed by atoms with van der Waals surface area (Å²) in [7, 11) is 3.59. The number of thioether (sulfide) groups is 1. The summed E-state index contributed by atoms with van der Waals surface area (Å²) in [5, 5.41) is 16.2. The molecule has 5 N–H and O–H groups in total. The predicted octanol–water partition coefficient (Wildman–Crippen LogP) is -1.15. The molecule has 194 valence electrons. The first-order chi connectivity index (χ1) is 16.5. The zero-order chi connectivity index (χ0) is 25.6. The SMILES string of the molecule is C[C@@H](NC(=O)CN(C)C)[C@H]1C(=O)N2C(C(=O)O)=C(S[C@@H]3CN[C@H](C(=O)N4CCC(N)C4)C3)[C@H](C)[C@H]12. The van der Waals surface area contributed by atoms with Gasteiger partial charge in [0, 0.05) is 47.8 Å². The lowest BCUT2D eigenvalue weighted by Crippen LogP contribution is -2.66. The average molecular weight is 509 g/mol. The number of nitrogens with two attached hydrogens (primary N) is 1. The molecule has 12 heteroatoms. The fourth-order valence-corrected chi connectivity index (χ4v) is 7.22. The van der Waals surface area contributed by atoms with Crippen LogP contribution in [0.3, 0.4) is 0 Å². The standard InChI is InChI=1S/C23H36N6O5S/c1-11-18-17(12(2)26-16(30)10-27(3)4)22(32)29(18)19(23(33)34)20(11)35-14-7-15(25-8-14)21(31)28-6-5-13(24)9-28/h11-15,17-18,25H,5-10,24H2,1-4H3,(H,26,30)(H,33,34)/t11-,12-,13?,14+,15+,17-,18-/m1/s1. The first kappa shape index (κ1) is 25.9. The third-order valence-corrected chi connectivity index (χ3v) is 8.91. The Hall–Kier alpha value is -2.15. The minimum Gasteiger partial charge on any atom is -0.477 e. The second kappa shape index (κ2) is 10.1. The van der Waals surface area contributed by atoms with Crippen LogP contribution in [0.15, 0.2) is 10.6 Å². The van der Waals surface area contributed by atoms with Crippen LogP contribution in [-0.2, 0) is 19.2 Å². The summed E-state index contributed by atoms with van der Waals surface area (Å²) in [5.41, 5.74) is 5.98. The lowest BCUT2D eigenvalue weighted by atomic mass is 9.78. The van der Waals surface area contributed by atoms with Gasteiger partial charge in [-0.1, -0.05) is 6.92 Å². The number of hydrogen-bond donors (Lipinski definition) is 4. The lowest BCUT2D eigenvalue weighted by molar-refractivity contribution is -0.158. The van der Waals surface area contributed by atoms with Crippen LogP contribution in [0.5, 0.6) is 0 Å². The van der Waals surface area contributed by atoms with Gasteiger partial charge in [-0.2, -0.15) is 0 Å². The molecule has 0 aromatic rings. The molecule has 0 aliphatic carbocycles. The number of aliphatic carboxylic acids is 1. The van der Waals surface area contributed by atoms with Crippen molar-refractivity contribution in [2.75, 3.05) is 40.3 Å². The number of fused-ring (bicyclic) bond motifs is 1. The Balaban J connectivity index is 1.42. The van der Waals surface area contributed by atoms with E-state index in [1.54, 1.807) is 30.8 Å². The first-order valence-corrected chi connectivity index (χ1v) is 13.1.